The molecule has 2 atom stereocenters. The normalized spacial score (nSPS) is 18.7. The van der Waals surface area contributed by atoms with Gasteiger partial charge in [-0.3, -0.25) is 14.4 Å². The highest BCUT2D eigenvalue weighted by molar-refractivity contribution is 9.10. The number of Topliss-reactive ketones (excluding diaryl/α,β-unsaturated/α-hetero) is 1. The number of carbonyl (C=O) groups is 3. The van der Waals surface area contributed by atoms with Crippen molar-refractivity contribution in [1.82, 2.24) is 24.4 Å². The number of fused-ring (bicyclic) bond motifs is 1. The van der Waals surface area contributed by atoms with Crippen LogP contribution in [0.5, 0.6) is 0 Å². The van der Waals surface area contributed by atoms with Crippen molar-refractivity contribution < 1.29 is 18.8 Å². The molecule has 0 radical (unpaired) electrons. The van der Waals surface area contributed by atoms with Gasteiger partial charge >= 0.3 is 0 Å². The van der Waals surface area contributed by atoms with Crippen molar-refractivity contribution in [1.29, 1.82) is 0 Å². The molecule has 0 spiro atoms. The molecular weight excluding hydrogens is 579 g/mol. The third-order valence-electron chi connectivity index (χ3n) is 7.35. The zero-order valence-corrected chi connectivity index (χ0v) is 23.3. The molecule has 204 valence electrons. The molecule has 1 saturated carbocycles. The maximum absolute atomic E-state index is 14.5. The molecule has 0 unspecified atom stereocenters. The minimum Gasteiger partial charge on any atom is -0.337 e. The van der Waals surface area contributed by atoms with Gasteiger partial charge in [0.25, 0.3) is 0 Å². The Morgan fingerprint density at radius 1 is 1.10 bits per heavy atom. The van der Waals surface area contributed by atoms with Crippen LogP contribution in [0.1, 0.15) is 48.3 Å². The van der Waals surface area contributed by atoms with Crippen LogP contribution in [0.2, 0.25) is 0 Å². The van der Waals surface area contributed by atoms with Gasteiger partial charge in [0, 0.05) is 53.0 Å². The molecule has 9 nitrogen and oxygen atoms in total. The van der Waals surface area contributed by atoms with Gasteiger partial charge in [-0.25, -0.2) is 19.3 Å². The predicted molar refractivity (Wildman–Crippen MR) is 151 cm³/mol. The Bertz CT molecular complexity index is 1630. The van der Waals surface area contributed by atoms with E-state index in [4.69, 9.17) is 0 Å². The number of carbonyl (C=O) groups excluding carboxylic acids is 3. The fraction of sp³-hybridized carbons (Fsp3) is 0.310. The van der Waals surface area contributed by atoms with Crippen LogP contribution in [0.4, 0.5) is 10.2 Å². The molecule has 6 rings (SSSR count). The lowest BCUT2D eigenvalue weighted by Gasteiger charge is -2.24. The number of aromatic nitrogens is 4. The number of nitrogens with one attached hydrogen (secondary N) is 1. The Morgan fingerprint density at radius 2 is 1.88 bits per heavy atom. The summed E-state index contributed by atoms with van der Waals surface area (Å²) >= 11 is 3.26. The number of rotatable bonds is 7. The highest BCUT2D eigenvalue weighted by Gasteiger charge is 2.40. The fourth-order valence-corrected chi connectivity index (χ4v) is 5.50. The summed E-state index contributed by atoms with van der Waals surface area (Å²) in [5.41, 5.74) is 2.86. The molecule has 1 aliphatic carbocycles. The lowest BCUT2D eigenvalue weighted by atomic mass is 10.0. The maximum atomic E-state index is 14.5. The van der Waals surface area contributed by atoms with E-state index in [0.717, 1.165) is 29.8 Å². The van der Waals surface area contributed by atoms with E-state index >= 15 is 0 Å². The van der Waals surface area contributed by atoms with E-state index < -0.39 is 24.0 Å². The lowest BCUT2D eigenvalue weighted by molar-refractivity contribution is -0.137. The first kappa shape index (κ1) is 26.2. The van der Waals surface area contributed by atoms with E-state index in [9.17, 15) is 18.8 Å². The van der Waals surface area contributed by atoms with E-state index in [1.165, 1.54) is 11.8 Å². The molecule has 1 saturated heterocycles. The monoisotopic (exact) mass is 604 g/mol. The second-order valence-electron chi connectivity index (χ2n) is 10.3. The lowest BCUT2D eigenvalue weighted by Crippen LogP contribution is -2.44. The molecule has 1 aromatic carbocycles. The van der Waals surface area contributed by atoms with Gasteiger partial charge in [0.2, 0.25) is 11.8 Å². The number of ketones is 1. The topological polar surface area (TPSA) is 110 Å². The molecule has 2 fully saturated rings. The van der Waals surface area contributed by atoms with Crippen LogP contribution in [0, 0.1) is 0 Å². The summed E-state index contributed by atoms with van der Waals surface area (Å²) < 4.78 is 16.7. The molecule has 2 amide bonds. The van der Waals surface area contributed by atoms with E-state index in [2.05, 4.69) is 36.2 Å². The van der Waals surface area contributed by atoms with E-state index in [-0.39, 0.29) is 25.3 Å². The predicted octanol–water partition coefficient (Wildman–Crippen LogP) is 4.91. The van der Waals surface area contributed by atoms with Crippen LogP contribution in [0.25, 0.3) is 22.0 Å². The molecule has 2 aliphatic rings. The number of halogens is 2. The zero-order chi connectivity index (χ0) is 28.0. The SMILES string of the molecule is CC(=O)c1cn(CC(=O)N2C[C@H](F)C[C@H]2C(=O)Nc2cccc(Br)n2)c2ccc(-c3cnc(C4CC4)nc3)cc12. The van der Waals surface area contributed by atoms with Crippen LogP contribution in [-0.4, -0.2) is 60.8 Å². The summed E-state index contributed by atoms with van der Waals surface area (Å²) in [5, 5.41) is 3.37. The Balaban J connectivity index is 1.25. The number of nitrogens with zero attached hydrogens (tertiary/aromatic N) is 5. The van der Waals surface area contributed by atoms with E-state index in [1.807, 2.05) is 18.2 Å². The number of alkyl halides is 1. The van der Waals surface area contributed by atoms with Crippen molar-refractivity contribution in [3.05, 3.63) is 71.0 Å². The molecule has 40 heavy (non-hydrogen) atoms. The van der Waals surface area contributed by atoms with E-state index in [1.54, 1.807) is 41.4 Å². The van der Waals surface area contributed by atoms with Crippen LogP contribution in [0.3, 0.4) is 0 Å². The summed E-state index contributed by atoms with van der Waals surface area (Å²) in [7, 11) is 0. The van der Waals surface area contributed by atoms with Crippen LogP contribution in [0.15, 0.2) is 59.6 Å². The number of hydrogen-bond donors (Lipinski definition) is 1. The van der Waals surface area contributed by atoms with Gasteiger partial charge in [0.05, 0.1) is 6.54 Å². The number of pyridine rings is 1. The highest BCUT2D eigenvalue weighted by Crippen LogP contribution is 2.38. The minimum absolute atomic E-state index is 0.0956. The van der Waals surface area contributed by atoms with Gasteiger partial charge in [-0.2, -0.15) is 0 Å². The third-order valence-corrected chi connectivity index (χ3v) is 7.79. The van der Waals surface area contributed by atoms with Gasteiger partial charge in [-0.15, -0.1) is 0 Å². The number of hydrogen-bond acceptors (Lipinski definition) is 6. The first-order valence-corrected chi connectivity index (χ1v) is 13.9. The Labute approximate surface area is 238 Å². The number of likely N-dealkylation sites (tertiary alicyclic amines) is 1. The number of anilines is 1. The van der Waals surface area contributed by atoms with Gasteiger partial charge in [-0.1, -0.05) is 12.1 Å². The maximum Gasteiger partial charge on any atom is 0.248 e. The second kappa shape index (κ2) is 10.5. The Morgan fingerprint density at radius 3 is 2.58 bits per heavy atom. The molecule has 3 aromatic heterocycles. The minimum atomic E-state index is -1.32. The van der Waals surface area contributed by atoms with Gasteiger partial charge < -0.3 is 14.8 Å². The average molecular weight is 605 g/mol. The molecular formula is C29H26BrFN6O3. The highest BCUT2D eigenvalue weighted by atomic mass is 79.9. The van der Waals surface area contributed by atoms with Crippen LogP contribution < -0.4 is 5.32 Å². The second-order valence-corrected chi connectivity index (χ2v) is 11.1. The molecule has 11 heteroatoms. The smallest absolute Gasteiger partial charge is 0.248 e. The quantitative estimate of drug-likeness (QED) is 0.237. The van der Waals surface area contributed by atoms with E-state index in [0.29, 0.717) is 32.8 Å². The molecule has 1 N–H and O–H groups in total. The average Bonchev–Trinajstić information content (AvgIpc) is 3.62. The number of benzene rings is 1. The molecule has 4 aromatic rings. The summed E-state index contributed by atoms with van der Waals surface area (Å²) in [5.74, 6) is 0.565. The molecule has 1 aliphatic heterocycles. The van der Waals surface area contributed by atoms with Crippen LogP contribution >= 0.6 is 15.9 Å². The van der Waals surface area contributed by atoms with Gasteiger partial charge in [0.15, 0.2) is 5.78 Å². The van der Waals surface area contributed by atoms with Crippen molar-refractivity contribution >= 4 is 50.2 Å². The first-order chi connectivity index (χ1) is 19.3. The zero-order valence-electron chi connectivity index (χ0n) is 21.7. The fourth-order valence-electron chi connectivity index (χ4n) is 5.16. The van der Waals surface area contributed by atoms with Crippen molar-refractivity contribution in [3.8, 4) is 11.1 Å². The standard InChI is InChI=1S/C29H26BrFN6O3/c1-16(38)22-14-36(23-8-7-18(9-21(22)23)19-11-32-28(33-12-19)17-5-6-17)15-27(39)37-13-20(31)10-24(37)29(40)35-26-4-2-3-25(30)34-26/h2-4,7-9,11-12,14,17,20,24H,5-6,10,13,15H2,1H3,(H,34,35,40)/t20-,24+/m1/s1. The summed E-state index contributed by atoms with van der Waals surface area (Å²) in [6, 6.07) is 9.74. The largest absolute Gasteiger partial charge is 0.337 e. The number of amides is 2. The van der Waals surface area contributed by atoms with Crippen molar-refractivity contribution in [2.45, 2.75) is 50.9 Å². The van der Waals surface area contributed by atoms with Crippen molar-refractivity contribution in [3.63, 3.8) is 0 Å². The summed E-state index contributed by atoms with van der Waals surface area (Å²) in [4.78, 5) is 53.4. The summed E-state index contributed by atoms with van der Waals surface area (Å²) in [6.45, 7) is 1.15. The molecule has 0 bridgehead atoms. The Kier molecular flexibility index (Phi) is 6.91. The van der Waals surface area contributed by atoms with Gasteiger partial charge in [-0.05, 0) is 65.5 Å². The first-order valence-electron chi connectivity index (χ1n) is 13.1. The molecule has 4 heterocycles. The van der Waals surface area contributed by atoms with Crippen molar-refractivity contribution in [2.75, 3.05) is 11.9 Å². The van der Waals surface area contributed by atoms with Crippen LogP contribution in [-0.2, 0) is 16.1 Å². The Hall–Kier alpha value is -3.99. The summed E-state index contributed by atoms with van der Waals surface area (Å²) in [6.07, 6.45) is 6.07. The van der Waals surface area contributed by atoms with Gasteiger partial charge in [0.1, 0.15) is 35.0 Å². The van der Waals surface area contributed by atoms with Crippen molar-refractivity contribution in [2.24, 2.45) is 0 Å². The third kappa shape index (κ3) is 5.25.